The summed E-state index contributed by atoms with van der Waals surface area (Å²) in [7, 11) is 0. The molecule has 0 saturated heterocycles. The van der Waals surface area contributed by atoms with Gasteiger partial charge in [0.2, 0.25) is 0 Å². The average Bonchev–Trinajstić information content (AvgIpc) is 2.54. The maximum Gasteiger partial charge on any atom is 0.0378 e. The number of unbranched alkanes of at least 4 members (excludes halogenated alkanes) is 1. The first-order valence-electron chi connectivity index (χ1n) is 8.21. The topological polar surface area (TPSA) is 12.0 Å². The molecule has 0 fully saturated rings. The minimum Gasteiger partial charge on any atom is -0.382 e. The maximum atomic E-state index is 3.75. The summed E-state index contributed by atoms with van der Waals surface area (Å²) in [5.74, 6) is 0. The molecule has 0 amide bonds. The van der Waals surface area contributed by atoms with Crippen LogP contribution in [0.1, 0.15) is 50.7 Å². The predicted molar refractivity (Wildman–Crippen MR) is 92.9 cm³/mol. The highest BCUT2D eigenvalue weighted by molar-refractivity contribution is 5.53. The molecule has 0 aliphatic carbocycles. The lowest BCUT2D eigenvalue weighted by Crippen LogP contribution is -2.19. The van der Waals surface area contributed by atoms with Crippen molar-refractivity contribution in [2.24, 2.45) is 0 Å². The maximum absolute atomic E-state index is 3.75. The molecule has 112 valence electrons. The lowest BCUT2D eigenvalue weighted by atomic mass is 10.0. The second kappa shape index (κ2) is 8.51. The van der Waals surface area contributed by atoms with Gasteiger partial charge in [0, 0.05) is 11.7 Å². The molecular formula is C20H27N. The Hall–Kier alpha value is -1.76. The van der Waals surface area contributed by atoms with Crippen molar-refractivity contribution < 1.29 is 0 Å². The molecule has 2 rings (SSSR count). The first kappa shape index (κ1) is 15.6. The van der Waals surface area contributed by atoms with Crippen molar-refractivity contribution >= 4 is 5.69 Å². The van der Waals surface area contributed by atoms with E-state index in [1.807, 2.05) is 0 Å². The van der Waals surface area contributed by atoms with Crippen LogP contribution in [0.25, 0.3) is 0 Å². The summed E-state index contributed by atoms with van der Waals surface area (Å²) >= 11 is 0. The first-order chi connectivity index (χ1) is 10.3. The van der Waals surface area contributed by atoms with Gasteiger partial charge in [-0.3, -0.25) is 0 Å². The van der Waals surface area contributed by atoms with Crippen molar-refractivity contribution in [2.75, 3.05) is 5.32 Å². The minimum absolute atomic E-state index is 0.585. The van der Waals surface area contributed by atoms with Gasteiger partial charge in [-0.1, -0.05) is 75.2 Å². The van der Waals surface area contributed by atoms with Gasteiger partial charge in [-0.25, -0.2) is 0 Å². The fourth-order valence-corrected chi connectivity index (χ4v) is 2.68. The zero-order chi connectivity index (χ0) is 14.9. The minimum atomic E-state index is 0.585. The predicted octanol–water partition coefficient (Wildman–Crippen LogP) is 5.66. The average molecular weight is 281 g/mol. The molecular weight excluding hydrogens is 254 g/mol. The molecule has 1 N–H and O–H groups in total. The molecule has 2 aromatic rings. The van der Waals surface area contributed by atoms with Gasteiger partial charge in [-0.05, 0) is 36.5 Å². The van der Waals surface area contributed by atoms with Crippen LogP contribution in [0.4, 0.5) is 5.69 Å². The van der Waals surface area contributed by atoms with Gasteiger partial charge in [0.05, 0.1) is 0 Å². The van der Waals surface area contributed by atoms with Gasteiger partial charge in [-0.2, -0.15) is 0 Å². The molecule has 0 spiro atoms. The van der Waals surface area contributed by atoms with Gasteiger partial charge < -0.3 is 5.32 Å². The summed E-state index contributed by atoms with van der Waals surface area (Å²) in [6.07, 6.45) is 6.00. The third-order valence-electron chi connectivity index (χ3n) is 4.01. The molecule has 1 atom stereocenters. The Labute approximate surface area is 129 Å². The van der Waals surface area contributed by atoms with Crippen LogP contribution >= 0.6 is 0 Å². The van der Waals surface area contributed by atoms with E-state index in [1.54, 1.807) is 0 Å². The number of para-hydroxylation sites is 1. The van der Waals surface area contributed by atoms with Crippen LogP contribution in [0.3, 0.4) is 0 Å². The Kier molecular flexibility index (Phi) is 6.33. The summed E-state index contributed by atoms with van der Waals surface area (Å²) < 4.78 is 0. The van der Waals surface area contributed by atoms with Gasteiger partial charge in [-0.15, -0.1) is 0 Å². The van der Waals surface area contributed by atoms with E-state index in [9.17, 15) is 0 Å². The van der Waals surface area contributed by atoms with Crippen LogP contribution in [0.2, 0.25) is 0 Å². The van der Waals surface area contributed by atoms with Crippen molar-refractivity contribution in [3.8, 4) is 0 Å². The van der Waals surface area contributed by atoms with Crippen molar-refractivity contribution in [3.05, 3.63) is 65.7 Å². The first-order valence-corrected chi connectivity index (χ1v) is 8.21. The van der Waals surface area contributed by atoms with Gasteiger partial charge in [0.15, 0.2) is 0 Å². The van der Waals surface area contributed by atoms with Crippen LogP contribution in [-0.2, 0) is 6.42 Å². The van der Waals surface area contributed by atoms with Crippen LogP contribution in [0, 0.1) is 0 Å². The second-order valence-electron chi connectivity index (χ2n) is 5.71. The number of anilines is 1. The van der Waals surface area contributed by atoms with E-state index >= 15 is 0 Å². The number of hydrogen-bond donors (Lipinski definition) is 1. The molecule has 0 aliphatic rings. The fraction of sp³-hybridized carbons (Fsp3) is 0.400. The normalized spacial score (nSPS) is 12.1. The molecule has 0 aliphatic heterocycles. The van der Waals surface area contributed by atoms with E-state index < -0.39 is 0 Å². The summed E-state index contributed by atoms with van der Waals surface area (Å²) in [5, 5.41) is 3.75. The molecule has 1 heteroatoms. The van der Waals surface area contributed by atoms with Gasteiger partial charge >= 0.3 is 0 Å². The number of benzene rings is 2. The molecule has 0 aromatic heterocycles. The monoisotopic (exact) mass is 281 g/mol. The van der Waals surface area contributed by atoms with Crippen LogP contribution in [0.15, 0.2) is 54.6 Å². The fourth-order valence-electron chi connectivity index (χ4n) is 2.68. The molecule has 21 heavy (non-hydrogen) atoms. The van der Waals surface area contributed by atoms with E-state index in [-0.39, 0.29) is 0 Å². The summed E-state index contributed by atoms with van der Waals surface area (Å²) in [6.45, 7) is 4.53. The Morgan fingerprint density at radius 2 is 1.62 bits per heavy atom. The Morgan fingerprint density at radius 3 is 2.33 bits per heavy atom. The van der Waals surface area contributed by atoms with Gasteiger partial charge in [0.1, 0.15) is 0 Å². The Morgan fingerprint density at radius 1 is 0.905 bits per heavy atom. The quantitative estimate of drug-likeness (QED) is 0.658. The molecule has 0 saturated carbocycles. The molecule has 0 radical (unpaired) electrons. The van der Waals surface area contributed by atoms with E-state index in [0.717, 1.165) is 6.42 Å². The van der Waals surface area contributed by atoms with Crippen molar-refractivity contribution in [1.82, 2.24) is 0 Å². The van der Waals surface area contributed by atoms with Crippen LogP contribution in [0.5, 0.6) is 0 Å². The molecule has 0 heterocycles. The van der Waals surface area contributed by atoms with Gasteiger partial charge in [0.25, 0.3) is 0 Å². The lowest BCUT2D eigenvalue weighted by Gasteiger charge is -2.20. The zero-order valence-corrected chi connectivity index (χ0v) is 13.3. The van der Waals surface area contributed by atoms with Crippen molar-refractivity contribution in [3.63, 3.8) is 0 Å². The third-order valence-corrected chi connectivity index (χ3v) is 4.01. The van der Waals surface area contributed by atoms with Crippen molar-refractivity contribution in [1.29, 1.82) is 0 Å². The van der Waals surface area contributed by atoms with Crippen LogP contribution < -0.4 is 5.32 Å². The molecule has 1 nitrogen and oxygen atoms in total. The molecule has 1 unspecified atom stereocenters. The van der Waals surface area contributed by atoms with E-state index in [2.05, 4.69) is 73.8 Å². The Balaban J connectivity index is 2.09. The van der Waals surface area contributed by atoms with Crippen LogP contribution in [-0.4, -0.2) is 6.04 Å². The highest BCUT2D eigenvalue weighted by atomic mass is 14.9. The number of hydrogen-bond acceptors (Lipinski definition) is 1. The largest absolute Gasteiger partial charge is 0.382 e. The van der Waals surface area contributed by atoms with Crippen molar-refractivity contribution in [2.45, 2.75) is 52.0 Å². The SMILES string of the molecule is CCCCC(CC)Nc1ccccc1Cc1ccccc1. The second-order valence-corrected chi connectivity index (χ2v) is 5.71. The number of rotatable bonds is 8. The molecule has 2 aromatic carbocycles. The highest BCUT2D eigenvalue weighted by Crippen LogP contribution is 2.21. The summed E-state index contributed by atoms with van der Waals surface area (Å²) in [4.78, 5) is 0. The van der Waals surface area contributed by atoms with E-state index in [1.165, 1.54) is 42.5 Å². The Bertz CT molecular complexity index is 518. The number of nitrogens with one attached hydrogen (secondary N) is 1. The van der Waals surface area contributed by atoms with E-state index in [0.29, 0.717) is 6.04 Å². The standard InChI is InChI=1S/C20H27N/c1-3-5-14-19(4-2)21-20-15-10-9-13-18(20)16-17-11-7-6-8-12-17/h6-13,15,19,21H,3-5,14,16H2,1-2H3. The summed E-state index contributed by atoms with van der Waals surface area (Å²) in [5.41, 5.74) is 4.05. The lowest BCUT2D eigenvalue weighted by molar-refractivity contribution is 0.593. The highest BCUT2D eigenvalue weighted by Gasteiger charge is 2.08. The van der Waals surface area contributed by atoms with E-state index in [4.69, 9.17) is 0 Å². The molecule has 0 bridgehead atoms. The third kappa shape index (κ3) is 4.93. The summed E-state index contributed by atoms with van der Waals surface area (Å²) in [6, 6.07) is 20.0. The zero-order valence-electron chi connectivity index (χ0n) is 13.3. The smallest absolute Gasteiger partial charge is 0.0378 e.